The molecule has 5 heteroatoms. The number of hydrogen-bond acceptors (Lipinski definition) is 5. The van der Waals surface area contributed by atoms with Gasteiger partial charge in [-0.2, -0.15) is 0 Å². The summed E-state index contributed by atoms with van der Waals surface area (Å²) in [5, 5.41) is 23.2. The van der Waals surface area contributed by atoms with Crippen molar-refractivity contribution < 1.29 is 19.7 Å². The van der Waals surface area contributed by atoms with Gasteiger partial charge in [0.25, 0.3) is 0 Å². The minimum absolute atomic E-state index is 0.0294. The molecular formula is C29H41NO4. The van der Waals surface area contributed by atoms with Gasteiger partial charge in [-0.05, 0) is 81.4 Å². The summed E-state index contributed by atoms with van der Waals surface area (Å²) in [5.74, 6) is 1.80. The standard InChI is InChI=1S/C29H41NO4/c1-25(2,3)26(4,32)20-15-27-10-11-29(20,33-5)24-28(27)12-13-30(16-17-6-7-17)21(27)14-18-8-9-19(31)23(34-24)22(18)28/h8-9,17,20-21,24,31-32H,6-7,10-16H2,1-5H3/t20-,21-,24?,26-,27?,28?,29-/m1/s1. The Bertz CT molecular complexity index is 1060. The Labute approximate surface area is 203 Å². The molecule has 1 aromatic rings. The van der Waals surface area contributed by atoms with Gasteiger partial charge >= 0.3 is 0 Å². The molecule has 5 fully saturated rings. The van der Waals surface area contributed by atoms with Crippen LogP contribution >= 0.6 is 0 Å². The van der Waals surface area contributed by atoms with Crippen LogP contribution in [0.15, 0.2) is 12.1 Å². The van der Waals surface area contributed by atoms with Gasteiger partial charge in [-0.3, -0.25) is 4.90 Å². The van der Waals surface area contributed by atoms with Crippen LogP contribution in [0, 0.1) is 22.7 Å². The number of benzene rings is 1. The molecule has 34 heavy (non-hydrogen) atoms. The van der Waals surface area contributed by atoms with E-state index in [9.17, 15) is 10.2 Å². The maximum absolute atomic E-state index is 12.2. The van der Waals surface area contributed by atoms with Gasteiger partial charge in [0, 0.05) is 42.0 Å². The van der Waals surface area contributed by atoms with Crippen molar-refractivity contribution in [2.24, 2.45) is 22.7 Å². The molecule has 0 amide bonds. The van der Waals surface area contributed by atoms with Gasteiger partial charge in [0.05, 0.1) is 5.60 Å². The highest BCUT2D eigenvalue weighted by molar-refractivity contribution is 5.63. The number of aromatic hydroxyl groups is 1. The van der Waals surface area contributed by atoms with Crippen LogP contribution in [0.2, 0.25) is 0 Å². The Kier molecular flexibility index (Phi) is 4.08. The summed E-state index contributed by atoms with van der Waals surface area (Å²) in [4.78, 5) is 2.82. The van der Waals surface area contributed by atoms with E-state index < -0.39 is 11.2 Å². The van der Waals surface area contributed by atoms with Gasteiger partial charge in [0.15, 0.2) is 11.5 Å². The number of likely N-dealkylation sites (tertiary alicyclic amines) is 1. The molecule has 2 spiro atoms. The molecule has 5 aliphatic carbocycles. The van der Waals surface area contributed by atoms with E-state index in [0.29, 0.717) is 11.8 Å². The lowest BCUT2D eigenvalue weighted by Gasteiger charge is -2.75. The summed E-state index contributed by atoms with van der Waals surface area (Å²) in [6.45, 7) is 10.8. The smallest absolute Gasteiger partial charge is 0.165 e. The van der Waals surface area contributed by atoms with Crippen LogP contribution in [-0.2, 0) is 16.6 Å². The number of ether oxygens (including phenoxy) is 2. The Morgan fingerprint density at radius 1 is 1.15 bits per heavy atom. The first kappa shape index (κ1) is 21.9. The van der Waals surface area contributed by atoms with Gasteiger partial charge in [-0.1, -0.05) is 26.8 Å². The second-order valence-electron chi connectivity index (χ2n) is 13.8. The lowest BCUT2D eigenvalue weighted by Crippen LogP contribution is -2.83. The molecule has 2 N–H and O–H groups in total. The van der Waals surface area contributed by atoms with Gasteiger partial charge in [-0.15, -0.1) is 0 Å². The van der Waals surface area contributed by atoms with Gasteiger partial charge in [-0.25, -0.2) is 0 Å². The minimum Gasteiger partial charge on any atom is -0.504 e. The predicted molar refractivity (Wildman–Crippen MR) is 130 cm³/mol. The van der Waals surface area contributed by atoms with E-state index in [1.807, 2.05) is 20.1 Å². The summed E-state index contributed by atoms with van der Waals surface area (Å²) >= 11 is 0. The first-order valence-electron chi connectivity index (χ1n) is 13.6. The molecule has 0 radical (unpaired) electrons. The van der Waals surface area contributed by atoms with E-state index in [1.54, 1.807) is 0 Å². The number of fused-ring (bicyclic) bond motifs is 2. The van der Waals surface area contributed by atoms with E-state index >= 15 is 0 Å². The van der Waals surface area contributed by atoms with Crippen LogP contribution < -0.4 is 4.74 Å². The molecule has 8 rings (SSSR count). The Morgan fingerprint density at radius 3 is 2.59 bits per heavy atom. The molecular weight excluding hydrogens is 426 g/mol. The maximum atomic E-state index is 12.2. The highest BCUT2D eigenvalue weighted by Gasteiger charge is 2.82. The third-order valence-electron chi connectivity index (χ3n) is 11.9. The quantitative estimate of drug-likeness (QED) is 0.687. The fourth-order valence-corrected chi connectivity index (χ4v) is 9.58. The number of methoxy groups -OCH3 is 1. The lowest BCUT2D eigenvalue weighted by atomic mass is 9.33. The number of phenolic OH excluding ortho intramolecular Hbond substituents is 1. The second kappa shape index (κ2) is 6.33. The average Bonchev–Trinajstić information content (AvgIpc) is 3.53. The molecule has 1 saturated heterocycles. The van der Waals surface area contributed by atoms with Crippen LogP contribution in [0.1, 0.15) is 77.3 Å². The summed E-state index contributed by atoms with van der Waals surface area (Å²) in [5.41, 5.74) is 0.783. The highest BCUT2D eigenvalue weighted by atomic mass is 16.6. The summed E-state index contributed by atoms with van der Waals surface area (Å²) < 4.78 is 13.5. The molecule has 4 bridgehead atoms. The Balaban J connectivity index is 1.47. The summed E-state index contributed by atoms with van der Waals surface area (Å²) in [6.07, 6.45) is 7.64. The fourth-order valence-electron chi connectivity index (χ4n) is 9.58. The number of piperidine rings is 1. The molecule has 0 aromatic heterocycles. The number of hydrogen-bond donors (Lipinski definition) is 2. The van der Waals surface area contributed by atoms with Crippen molar-refractivity contribution in [3.63, 3.8) is 0 Å². The number of rotatable bonds is 4. The van der Waals surface area contributed by atoms with E-state index in [0.717, 1.165) is 44.6 Å². The zero-order valence-electron chi connectivity index (χ0n) is 21.5. The summed E-state index contributed by atoms with van der Waals surface area (Å²) in [6, 6.07) is 4.46. The topological polar surface area (TPSA) is 62.2 Å². The Hall–Kier alpha value is -1.30. The number of aliphatic hydroxyl groups is 1. The van der Waals surface area contributed by atoms with Crippen LogP contribution in [-0.4, -0.2) is 58.7 Å². The van der Waals surface area contributed by atoms with E-state index in [1.165, 1.54) is 30.5 Å². The lowest BCUT2D eigenvalue weighted by molar-refractivity contribution is -0.312. The minimum atomic E-state index is -0.909. The third-order valence-corrected chi connectivity index (χ3v) is 11.9. The van der Waals surface area contributed by atoms with Crippen molar-refractivity contribution in [1.29, 1.82) is 0 Å². The monoisotopic (exact) mass is 467 g/mol. The molecule has 5 nitrogen and oxygen atoms in total. The van der Waals surface area contributed by atoms with Gasteiger partial charge in [0.2, 0.25) is 0 Å². The summed E-state index contributed by atoms with van der Waals surface area (Å²) in [7, 11) is 1.83. The van der Waals surface area contributed by atoms with Crippen molar-refractivity contribution in [3.8, 4) is 11.5 Å². The van der Waals surface area contributed by atoms with Crippen molar-refractivity contribution in [2.45, 2.75) is 101 Å². The number of nitrogens with zero attached hydrogens (tertiary/aromatic N) is 1. The van der Waals surface area contributed by atoms with E-state index in [4.69, 9.17) is 9.47 Å². The zero-order chi connectivity index (χ0) is 23.9. The highest BCUT2D eigenvalue weighted by Crippen LogP contribution is 2.78. The number of phenols is 1. The molecule has 2 aliphatic heterocycles. The van der Waals surface area contributed by atoms with Crippen LogP contribution in [0.4, 0.5) is 0 Å². The zero-order valence-corrected chi connectivity index (χ0v) is 21.5. The van der Waals surface area contributed by atoms with Crippen molar-refractivity contribution in [3.05, 3.63) is 23.3 Å². The van der Waals surface area contributed by atoms with Crippen LogP contribution in [0.25, 0.3) is 0 Å². The Morgan fingerprint density at radius 2 is 1.91 bits per heavy atom. The SMILES string of the molecule is CO[C@]12CCC3(C[C@@H]1[C@@](C)(O)C(C)(C)C)[C@H]1Cc4ccc(O)c5c4C3(CCN1CC1CC1)C2O5. The molecule has 7 aliphatic rings. The van der Waals surface area contributed by atoms with Crippen molar-refractivity contribution in [2.75, 3.05) is 20.2 Å². The predicted octanol–water partition coefficient (Wildman–Crippen LogP) is 4.41. The first-order chi connectivity index (χ1) is 16.0. The van der Waals surface area contributed by atoms with Gasteiger partial charge in [0.1, 0.15) is 11.7 Å². The molecule has 2 heterocycles. The third kappa shape index (κ3) is 2.25. The van der Waals surface area contributed by atoms with E-state index in [-0.39, 0.29) is 34.0 Å². The molecule has 186 valence electrons. The van der Waals surface area contributed by atoms with Crippen molar-refractivity contribution >= 4 is 0 Å². The molecule has 3 unspecified atom stereocenters. The van der Waals surface area contributed by atoms with Gasteiger partial charge < -0.3 is 19.7 Å². The van der Waals surface area contributed by atoms with Crippen LogP contribution in [0.5, 0.6) is 11.5 Å². The van der Waals surface area contributed by atoms with Crippen LogP contribution in [0.3, 0.4) is 0 Å². The second-order valence-corrected chi connectivity index (χ2v) is 13.8. The van der Waals surface area contributed by atoms with E-state index in [2.05, 4.69) is 31.7 Å². The first-order valence-corrected chi connectivity index (χ1v) is 13.6. The fraction of sp³-hybridized carbons (Fsp3) is 0.793. The average molecular weight is 468 g/mol. The molecule has 1 aromatic carbocycles. The largest absolute Gasteiger partial charge is 0.504 e. The maximum Gasteiger partial charge on any atom is 0.165 e. The van der Waals surface area contributed by atoms with Crippen molar-refractivity contribution in [1.82, 2.24) is 4.90 Å². The molecule has 4 saturated carbocycles. The molecule has 7 atom stereocenters. The normalized spacial score (nSPS) is 43.9.